The van der Waals surface area contributed by atoms with Crippen molar-refractivity contribution in [2.45, 2.75) is 0 Å². The van der Waals surface area contributed by atoms with Crippen molar-refractivity contribution in [2.24, 2.45) is 0 Å². The monoisotopic (exact) mass is 124 g/mol. The van der Waals surface area contributed by atoms with Gasteiger partial charge < -0.3 is 0 Å². The van der Waals surface area contributed by atoms with Crippen LogP contribution in [0.4, 0.5) is 0 Å². The van der Waals surface area contributed by atoms with Gasteiger partial charge in [-0.15, -0.1) is 0 Å². The van der Waals surface area contributed by atoms with Gasteiger partial charge >= 0.3 is 60.6 Å². The van der Waals surface area contributed by atoms with Crippen molar-refractivity contribution in [2.75, 3.05) is 0 Å². The Bertz CT molecular complexity index is 278. The van der Waals surface area contributed by atoms with Crippen molar-refractivity contribution < 1.29 is 0 Å². The topological polar surface area (TPSA) is 0 Å². The molecule has 0 aliphatic rings. The molecular formula is C8H6B2. The normalized spacial score (nSPS) is 9.20. The zero-order valence-corrected chi connectivity index (χ0v) is 5.62. The van der Waals surface area contributed by atoms with Crippen LogP contribution in [0.15, 0.2) is 36.3 Å². The van der Waals surface area contributed by atoms with Gasteiger partial charge in [-0.25, -0.2) is 0 Å². The predicted molar refractivity (Wildman–Crippen MR) is 46.6 cm³/mol. The average molecular weight is 124 g/mol. The standard InChI is InChI=1S/C8H6B2/c1-2-4-8-7(3-1)5-6-9-10-8/h1-6H. The fourth-order valence-electron chi connectivity index (χ4n) is 1.13. The van der Waals surface area contributed by atoms with Gasteiger partial charge in [0.25, 0.3) is 0 Å². The molecule has 0 saturated carbocycles. The van der Waals surface area contributed by atoms with E-state index in [1.54, 1.807) is 0 Å². The third kappa shape index (κ3) is 0.900. The van der Waals surface area contributed by atoms with Crippen molar-refractivity contribution in [3.63, 3.8) is 0 Å². The number of hydrogen-bond donors (Lipinski definition) is 0. The van der Waals surface area contributed by atoms with Crippen LogP contribution in [-0.2, 0) is 0 Å². The van der Waals surface area contributed by atoms with Gasteiger partial charge in [0, 0.05) is 0 Å². The Morgan fingerprint density at radius 3 is 2.80 bits per heavy atom. The fraction of sp³-hybridized carbons (Fsp3) is 0. The van der Waals surface area contributed by atoms with E-state index in [1.165, 1.54) is 10.7 Å². The van der Waals surface area contributed by atoms with Crippen LogP contribution in [0.1, 0.15) is 0 Å². The summed E-state index contributed by atoms with van der Waals surface area (Å²) in [5.74, 6) is 2.06. The van der Waals surface area contributed by atoms with Crippen LogP contribution < -0.4 is 0 Å². The molecule has 0 bridgehead atoms. The van der Waals surface area contributed by atoms with E-state index < -0.39 is 0 Å². The van der Waals surface area contributed by atoms with Crippen LogP contribution in [0.5, 0.6) is 0 Å². The Kier molecular flexibility index (Phi) is 1.39. The van der Waals surface area contributed by atoms with E-state index in [0.29, 0.717) is 0 Å². The Morgan fingerprint density at radius 2 is 1.90 bits per heavy atom. The summed E-state index contributed by atoms with van der Waals surface area (Å²) < 4.78 is 0. The van der Waals surface area contributed by atoms with E-state index in [4.69, 9.17) is 0 Å². The Labute approximate surface area is 61.3 Å². The van der Waals surface area contributed by atoms with Gasteiger partial charge in [-0.05, 0) is 0 Å². The first-order valence-electron chi connectivity index (χ1n) is 3.40. The van der Waals surface area contributed by atoms with Gasteiger partial charge in [0.2, 0.25) is 0 Å². The second-order valence-electron chi connectivity index (χ2n) is 2.35. The molecule has 0 N–H and O–H groups in total. The molecule has 1 heterocycles. The van der Waals surface area contributed by atoms with Gasteiger partial charge in [0.15, 0.2) is 0 Å². The van der Waals surface area contributed by atoms with Crippen molar-refractivity contribution in [3.05, 3.63) is 36.3 Å². The van der Waals surface area contributed by atoms with Gasteiger partial charge in [-0.2, -0.15) is 0 Å². The third-order valence-corrected chi connectivity index (χ3v) is 1.66. The molecule has 0 spiro atoms. The quantitative estimate of drug-likeness (QED) is 0.499. The molecular weight excluding hydrogens is 118 g/mol. The van der Waals surface area contributed by atoms with Crippen LogP contribution in [0.3, 0.4) is 0 Å². The average Bonchev–Trinajstić information content (AvgIpc) is 2.05. The summed E-state index contributed by atoms with van der Waals surface area (Å²) in [5.41, 5.74) is 0. The predicted octanol–water partition coefficient (Wildman–Crippen LogP) is 1.52. The first-order chi connectivity index (χ1) is 4.97. The van der Waals surface area contributed by atoms with Gasteiger partial charge in [0.05, 0.1) is 0 Å². The Morgan fingerprint density at radius 1 is 1.00 bits per heavy atom. The fourth-order valence-corrected chi connectivity index (χ4v) is 1.13. The number of rotatable bonds is 0. The third-order valence-electron chi connectivity index (χ3n) is 1.66. The van der Waals surface area contributed by atoms with Gasteiger partial charge in [-0.1, -0.05) is 0 Å². The molecule has 2 aromatic rings. The maximum absolute atomic E-state index is 2.12. The summed E-state index contributed by atoms with van der Waals surface area (Å²) in [6.45, 7) is 4.18. The van der Waals surface area contributed by atoms with Gasteiger partial charge in [0.1, 0.15) is 0 Å². The van der Waals surface area contributed by atoms with E-state index in [9.17, 15) is 0 Å². The molecule has 0 aliphatic carbocycles. The van der Waals surface area contributed by atoms with E-state index in [2.05, 4.69) is 49.9 Å². The first kappa shape index (κ1) is 5.84. The molecule has 0 fully saturated rings. The summed E-state index contributed by atoms with van der Waals surface area (Å²) in [7, 11) is 0. The second-order valence-corrected chi connectivity index (χ2v) is 2.35. The number of benzene rings is 1. The minimum atomic E-state index is 1.31. The molecule has 0 atom stereocenters. The van der Waals surface area contributed by atoms with Crippen molar-refractivity contribution >= 4 is 24.3 Å². The number of hydrogen-bond acceptors (Lipinski definition) is 0. The van der Waals surface area contributed by atoms with E-state index in [0.717, 1.165) is 0 Å². The molecule has 1 aromatic carbocycles. The summed E-state index contributed by atoms with van der Waals surface area (Å²) in [5, 5.41) is 2.62. The van der Waals surface area contributed by atoms with Crippen LogP contribution in [0.2, 0.25) is 0 Å². The van der Waals surface area contributed by atoms with Crippen molar-refractivity contribution in [1.29, 1.82) is 0 Å². The molecule has 0 nitrogen and oxygen atoms in total. The van der Waals surface area contributed by atoms with Crippen molar-refractivity contribution in [3.8, 4) is 0 Å². The molecule has 2 rings (SSSR count). The summed E-state index contributed by atoms with van der Waals surface area (Å²) in [4.78, 5) is 0. The summed E-state index contributed by atoms with van der Waals surface area (Å²) >= 11 is 0. The van der Waals surface area contributed by atoms with Gasteiger partial charge in [-0.3, -0.25) is 0 Å². The minimum absolute atomic E-state index is 1.31. The zero-order chi connectivity index (χ0) is 6.81. The van der Waals surface area contributed by atoms with Crippen LogP contribution in [0.25, 0.3) is 10.7 Å². The second kappa shape index (κ2) is 2.37. The zero-order valence-electron chi connectivity index (χ0n) is 5.62. The molecule has 0 unspecified atom stereocenters. The molecule has 0 aliphatic heterocycles. The molecule has 0 saturated heterocycles. The molecule has 2 heteroatoms. The maximum atomic E-state index is 2.12. The molecule has 10 heavy (non-hydrogen) atoms. The molecule has 0 radical (unpaired) electrons. The SMILES string of the molecule is b1bc2ccccc2cc1. The summed E-state index contributed by atoms with van der Waals surface area (Å²) in [6, 6.07) is 10.5. The van der Waals surface area contributed by atoms with Crippen molar-refractivity contribution in [1.82, 2.24) is 0 Å². The Balaban J connectivity index is 2.89. The van der Waals surface area contributed by atoms with Crippen LogP contribution in [0, 0.1) is 0 Å². The first-order valence-corrected chi connectivity index (χ1v) is 3.40. The van der Waals surface area contributed by atoms with E-state index in [-0.39, 0.29) is 0 Å². The summed E-state index contributed by atoms with van der Waals surface area (Å²) in [6.07, 6.45) is 0. The van der Waals surface area contributed by atoms with E-state index >= 15 is 0 Å². The Hall–Kier alpha value is -0.910. The molecule has 0 amide bonds. The number of fused-ring (bicyclic) bond motifs is 1. The van der Waals surface area contributed by atoms with Crippen LogP contribution >= 0.6 is 0 Å². The molecule has 44 valence electrons. The molecule has 1 aromatic heterocycles. The van der Waals surface area contributed by atoms with Crippen LogP contribution in [-0.4, -0.2) is 13.6 Å². The van der Waals surface area contributed by atoms with E-state index in [1.807, 2.05) is 0 Å².